The van der Waals surface area contributed by atoms with Gasteiger partial charge in [0.25, 0.3) is 0 Å². The second kappa shape index (κ2) is 5.61. The highest BCUT2D eigenvalue weighted by molar-refractivity contribution is 5.85. The summed E-state index contributed by atoms with van der Waals surface area (Å²) in [4.78, 5) is 15.6. The van der Waals surface area contributed by atoms with E-state index in [1.165, 1.54) is 7.11 Å². The first-order valence-electron chi connectivity index (χ1n) is 4.91. The molecule has 1 atom stereocenters. The van der Waals surface area contributed by atoms with Gasteiger partial charge in [-0.05, 0) is 12.1 Å². The second-order valence-electron chi connectivity index (χ2n) is 3.43. The van der Waals surface area contributed by atoms with Gasteiger partial charge in [0.1, 0.15) is 6.04 Å². The van der Waals surface area contributed by atoms with Crippen molar-refractivity contribution in [1.29, 1.82) is 0 Å². The monoisotopic (exact) mass is 252 g/mol. The molecule has 2 N–H and O–H groups in total. The van der Waals surface area contributed by atoms with Gasteiger partial charge in [-0.2, -0.15) is 0 Å². The van der Waals surface area contributed by atoms with Gasteiger partial charge in [0, 0.05) is 5.39 Å². The van der Waals surface area contributed by atoms with Gasteiger partial charge >= 0.3 is 5.97 Å². The molecule has 1 aromatic carbocycles. The van der Waals surface area contributed by atoms with E-state index >= 15 is 0 Å². The zero-order valence-corrected chi connectivity index (χ0v) is 10.1. The molecule has 0 aliphatic carbocycles. The van der Waals surface area contributed by atoms with E-state index in [1.54, 1.807) is 6.07 Å². The third-order valence-corrected chi connectivity index (χ3v) is 2.39. The predicted octanol–water partition coefficient (Wildman–Crippen LogP) is 1.83. The molecule has 2 aromatic rings. The van der Waals surface area contributed by atoms with Crippen molar-refractivity contribution in [2.45, 2.75) is 6.04 Å². The minimum atomic E-state index is -0.824. The van der Waals surface area contributed by atoms with Crippen molar-refractivity contribution in [3.63, 3.8) is 0 Å². The SMILES string of the molecule is COC(=O)[C@@H](N)c1ccc2ccccc2n1.Cl. The van der Waals surface area contributed by atoms with Gasteiger partial charge in [-0.3, -0.25) is 4.98 Å². The summed E-state index contributed by atoms with van der Waals surface area (Å²) in [5, 5.41) is 1.02. The molecule has 0 radical (unpaired) electrons. The summed E-state index contributed by atoms with van der Waals surface area (Å²) in [7, 11) is 1.31. The number of hydrogen-bond acceptors (Lipinski definition) is 4. The van der Waals surface area contributed by atoms with Crippen LogP contribution in [0.4, 0.5) is 0 Å². The van der Waals surface area contributed by atoms with Gasteiger partial charge in [-0.1, -0.05) is 24.3 Å². The van der Waals surface area contributed by atoms with Gasteiger partial charge in [0.15, 0.2) is 0 Å². The smallest absolute Gasteiger partial charge is 0.328 e. The first-order valence-corrected chi connectivity index (χ1v) is 4.91. The molecule has 17 heavy (non-hydrogen) atoms. The first-order chi connectivity index (χ1) is 7.72. The Kier molecular flexibility index (Phi) is 4.43. The Bertz CT molecular complexity index is 531. The van der Waals surface area contributed by atoms with Gasteiger partial charge in [0.2, 0.25) is 0 Å². The number of fused-ring (bicyclic) bond motifs is 1. The third kappa shape index (κ3) is 2.72. The summed E-state index contributed by atoms with van der Waals surface area (Å²) in [6, 6.07) is 10.5. The predicted molar refractivity (Wildman–Crippen MR) is 67.9 cm³/mol. The van der Waals surface area contributed by atoms with Crippen LogP contribution in [-0.4, -0.2) is 18.1 Å². The molecule has 0 amide bonds. The number of pyridine rings is 1. The van der Waals surface area contributed by atoms with E-state index in [-0.39, 0.29) is 12.4 Å². The molecule has 2 rings (SSSR count). The van der Waals surface area contributed by atoms with Gasteiger partial charge < -0.3 is 10.5 Å². The van der Waals surface area contributed by atoms with E-state index < -0.39 is 12.0 Å². The quantitative estimate of drug-likeness (QED) is 0.828. The number of rotatable bonds is 2. The molecule has 0 spiro atoms. The number of ether oxygens (including phenoxy) is 1. The lowest BCUT2D eigenvalue weighted by Gasteiger charge is -2.09. The number of nitrogens with zero attached hydrogens (tertiary/aromatic N) is 1. The summed E-state index contributed by atoms with van der Waals surface area (Å²) >= 11 is 0. The fourth-order valence-corrected chi connectivity index (χ4v) is 1.50. The summed E-state index contributed by atoms with van der Waals surface area (Å²) in [5.41, 5.74) is 7.04. The number of carbonyl (C=O) groups is 1. The second-order valence-corrected chi connectivity index (χ2v) is 3.43. The molecule has 1 heterocycles. The molecule has 0 aliphatic rings. The zero-order valence-electron chi connectivity index (χ0n) is 9.29. The van der Waals surface area contributed by atoms with E-state index in [0.29, 0.717) is 5.69 Å². The molecule has 4 nitrogen and oxygen atoms in total. The molecule has 90 valence electrons. The van der Waals surface area contributed by atoms with Crippen LogP contribution in [0.2, 0.25) is 0 Å². The van der Waals surface area contributed by atoms with Crippen molar-refractivity contribution in [3.05, 3.63) is 42.1 Å². The van der Waals surface area contributed by atoms with E-state index in [9.17, 15) is 4.79 Å². The van der Waals surface area contributed by atoms with Crippen molar-refractivity contribution < 1.29 is 9.53 Å². The maximum atomic E-state index is 11.3. The van der Waals surface area contributed by atoms with Crippen molar-refractivity contribution in [1.82, 2.24) is 4.98 Å². The lowest BCUT2D eigenvalue weighted by atomic mass is 10.1. The van der Waals surface area contributed by atoms with Crippen molar-refractivity contribution in [2.75, 3.05) is 7.11 Å². The van der Waals surface area contributed by atoms with E-state index in [0.717, 1.165) is 10.9 Å². The number of para-hydroxylation sites is 1. The fraction of sp³-hybridized carbons (Fsp3) is 0.167. The molecule has 5 heteroatoms. The Balaban J connectivity index is 0.00000144. The van der Waals surface area contributed by atoms with E-state index in [4.69, 9.17) is 5.73 Å². The normalized spacial score (nSPS) is 11.6. The number of methoxy groups -OCH3 is 1. The van der Waals surface area contributed by atoms with Gasteiger partial charge in [0.05, 0.1) is 18.3 Å². The summed E-state index contributed by atoms with van der Waals surface area (Å²) < 4.78 is 4.57. The minimum absolute atomic E-state index is 0. The average Bonchev–Trinajstić information content (AvgIpc) is 2.36. The number of halogens is 1. The highest BCUT2D eigenvalue weighted by atomic mass is 35.5. The number of esters is 1. The van der Waals surface area contributed by atoms with Crippen LogP contribution >= 0.6 is 12.4 Å². The molecular weight excluding hydrogens is 240 g/mol. The van der Waals surface area contributed by atoms with Crippen LogP contribution < -0.4 is 5.73 Å². The van der Waals surface area contributed by atoms with Crippen LogP contribution in [-0.2, 0) is 9.53 Å². The largest absolute Gasteiger partial charge is 0.468 e. The molecule has 0 saturated carbocycles. The Labute approximate surface area is 105 Å². The average molecular weight is 253 g/mol. The Hall–Kier alpha value is -1.65. The highest BCUT2D eigenvalue weighted by Crippen LogP contribution is 2.15. The molecule has 0 unspecified atom stereocenters. The van der Waals surface area contributed by atoms with Crippen molar-refractivity contribution in [3.8, 4) is 0 Å². The summed E-state index contributed by atoms with van der Waals surface area (Å²) in [6.45, 7) is 0. The first kappa shape index (κ1) is 13.4. The lowest BCUT2D eigenvalue weighted by molar-refractivity contribution is -0.142. The van der Waals surface area contributed by atoms with Crippen molar-refractivity contribution in [2.24, 2.45) is 5.73 Å². The maximum absolute atomic E-state index is 11.3. The number of benzene rings is 1. The minimum Gasteiger partial charge on any atom is -0.468 e. The van der Waals surface area contributed by atoms with Crippen LogP contribution in [0.3, 0.4) is 0 Å². The maximum Gasteiger partial charge on any atom is 0.328 e. The third-order valence-electron chi connectivity index (χ3n) is 2.39. The number of hydrogen-bond donors (Lipinski definition) is 1. The number of nitrogens with two attached hydrogens (primary N) is 1. The lowest BCUT2D eigenvalue weighted by Crippen LogP contribution is -2.23. The van der Waals surface area contributed by atoms with Crippen LogP contribution in [0, 0.1) is 0 Å². The Morgan fingerprint density at radius 2 is 2.00 bits per heavy atom. The molecular formula is C12H13ClN2O2. The molecule has 0 fully saturated rings. The number of carbonyl (C=O) groups excluding carboxylic acids is 1. The zero-order chi connectivity index (χ0) is 11.5. The Morgan fingerprint density at radius 3 is 2.71 bits per heavy atom. The standard InChI is InChI=1S/C12H12N2O2.ClH/c1-16-12(15)11(13)10-7-6-8-4-2-3-5-9(8)14-10;/h2-7,11H,13H2,1H3;1H/t11-;/m0./s1. The molecule has 0 bridgehead atoms. The van der Waals surface area contributed by atoms with Crippen LogP contribution in [0.15, 0.2) is 36.4 Å². The van der Waals surface area contributed by atoms with Crippen molar-refractivity contribution >= 4 is 29.3 Å². The van der Waals surface area contributed by atoms with Crippen LogP contribution in [0.1, 0.15) is 11.7 Å². The molecule has 0 aliphatic heterocycles. The Morgan fingerprint density at radius 1 is 1.29 bits per heavy atom. The molecule has 0 saturated heterocycles. The number of aromatic nitrogens is 1. The summed E-state index contributed by atoms with van der Waals surface area (Å²) in [5.74, 6) is -0.484. The summed E-state index contributed by atoms with van der Waals surface area (Å²) in [6.07, 6.45) is 0. The molecule has 1 aromatic heterocycles. The van der Waals surface area contributed by atoms with E-state index in [2.05, 4.69) is 9.72 Å². The van der Waals surface area contributed by atoms with Gasteiger partial charge in [-0.15, -0.1) is 12.4 Å². The van der Waals surface area contributed by atoms with E-state index in [1.807, 2.05) is 30.3 Å². The fourth-order valence-electron chi connectivity index (χ4n) is 1.50. The van der Waals surface area contributed by atoms with Gasteiger partial charge in [-0.25, -0.2) is 4.79 Å². The highest BCUT2D eigenvalue weighted by Gasteiger charge is 2.17. The van der Waals surface area contributed by atoms with Crippen LogP contribution in [0.25, 0.3) is 10.9 Å². The topological polar surface area (TPSA) is 65.2 Å². The van der Waals surface area contributed by atoms with Crippen LogP contribution in [0.5, 0.6) is 0 Å².